The zero-order valence-corrected chi connectivity index (χ0v) is 10.4. The van der Waals surface area contributed by atoms with Crippen molar-refractivity contribution in [3.05, 3.63) is 53.4 Å². The van der Waals surface area contributed by atoms with Gasteiger partial charge in [-0.3, -0.25) is 0 Å². The molecule has 0 saturated carbocycles. The van der Waals surface area contributed by atoms with Crippen molar-refractivity contribution in [3.8, 4) is 11.1 Å². The summed E-state index contributed by atoms with van der Waals surface area (Å²) in [5.74, 6) is -1.09. The second-order valence-electron chi connectivity index (χ2n) is 3.92. The molecule has 19 heavy (non-hydrogen) atoms. The first-order valence-electron chi connectivity index (χ1n) is 5.49. The van der Waals surface area contributed by atoms with Crippen LogP contribution in [0, 0.1) is 0 Å². The molecule has 1 aromatic carbocycles. The Morgan fingerprint density at radius 2 is 2.00 bits per heavy atom. The molecule has 5 nitrogen and oxygen atoms in total. The summed E-state index contributed by atoms with van der Waals surface area (Å²) >= 11 is 5.84. The molecule has 0 amide bonds. The maximum absolute atomic E-state index is 11.3. The van der Waals surface area contributed by atoms with Gasteiger partial charge in [0.15, 0.2) is 11.3 Å². The first kappa shape index (κ1) is 11.7. The molecule has 0 spiro atoms. The van der Waals surface area contributed by atoms with Gasteiger partial charge in [0.1, 0.15) is 0 Å². The lowest BCUT2D eigenvalue weighted by Crippen LogP contribution is -1.99. The van der Waals surface area contributed by atoms with Crippen LogP contribution < -0.4 is 0 Å². The summed E-state index contributed by atoms with van der Waals surface area (Å²) in [5, 5.41) is 13.9. The van der Waals surface area contributed by atoms with Crippen LogP contribution in [0.2, 0.25) is 5.02 Å². The smallest absolute Gasteiger partial charge is 0.357 e. The van der Waals surface area contributed by atoms with Crippen molar-refractivity contribution in [3.63, 3.8) is 0 Å². The molecule has 1 N–H and O–H groups in total. The molecule has 0 fully saturated rings. The lowest BCUT2D eigenvalue weighted by atomic mass is 10.1. The fourth-order valence-corrected chi connectivity index (χ4v) is 2.04. The molecule has 0 atom stereocenters. The van der Waals surface area contributed by atoms with Gasteiger partial charge in [0.05, 0.1) is 5.56 Å². The van der Waals surface area contributed by atoms with Crippen LogP contribution in [-0.4, -0.2) is 25.7 Å². The lowest BCUT2D eigenvalue weighted by Gasteiger charge is -2.00. The number of hydrogen-bond donors (Lipinski definition) is 1. The van der Waals surface area contributed by atoms with Crippen molar-refractivity contribution in [1.29, 1.82) is 0 Å². The minimum absolute atomic E-state index is 0.0268. The number of rotatable bonds is 2. The Bertz CT molecular complexity index is 765. The van der Waals surface area contributed by atoms with Gasteiger partial charge in [-0.15, -0.1) is 0 Å². The molecule has 0 unspecified atom stereocenters. The lowest BCUT2D eigenvalue weighted by molar-refractivity contribution is 0.0691. The summed E-state index contributed by atoms with van der Waals surface area (Å²) in [6.07, 6.45) is 3.26. The van der Waals surface area contributed by atoms with Gasteiger partial charge in [0.2, 0.25) is 0 Å². The Kier molecular flexibility index (Phi) is 2.68. The number of halogens is 1. The monoisotopic (exact) mass is 273 g/mol. The second-order valence-corrected chi connectivity index (χ2v) is 4.36. The van der Waals surface area contributed by atoms with E-state index in [4.69, 9.17) is 11.6 Å². The Morgan fingerprint density at radius 1 is 1.26 bits per heavy atom. The Morgan fingerprint density at radius 3 is 2.68 bits per heavy atom. The van der Waals surface area contributed by atoms with Gasteiger partial charge < -0.3 is 5.11 Å². The Labute approximate surface area is 113 Å². The summed E-state index contributed by atoms with van der Waals surface area (Å²) in [6.45, 7) is 0. The SMILES string of the molecule is O=C(O)c1nn2cccnc2c1-c1ccc(Cl)cc1. The molecule has 0 aliphatic rings. The average Bonchev–Trinajstić information content (AvgIpc) is 2.79. The maximum Gasteiger partial charge on any atom is 0.357 e. The standard InChI is InChI=1S/C13H8ClN3O2/c14-9-4-2-8(3-5-9)10-11(13(18)19)16-17-7-1-6-15-12(10)17/h1-7H,(H,18,19). The minimum Gasteiger partial charge on any atom is -0.476 e. The van der Waals surface area contributed by atoms with Crippen LogP contribution in [0.1, 0.15) is 10.5 Å². The van der Waals surface area contributed by atoms with Crippen LogP contribution in [0.15, 0.2) is 42.7 Å². The van der Waals surface area contributed by atoms with Crippen molar-refractivity contribution in [2.75, 3.05) is 0 Å². The molecular formula is C13H8ClN3O2. The highest BCUT2D eigenvalue weighted by atomic mass is 35.5. The number of carboxylic acid groups (broad SMARTS) is 1. The summed E-state index contributed by atoms with van der Waals surface area (Å²) in [5.41, 5.74) is 1.68. The molecule has 0 aliphatic heterocycles. The Balaban J connectivity index is 2.34. The number of aromatic carboxylic acids is 1. The van der Waals surface area contributed by atoms with Crippen LogP contribution in [0.25, 0.3) is 16.8 Å². The van der Waals surface area contributed by atoms with Gasteiger partial charge in [0.25, 0.3) is 0 Å². The molecule has 94 valence electrons. The first-order valence-corrected chi connectivity index (χ1v) is 5.87. The van der Waals surface area contributed by atoms with Crippen LogP contribution in [0.3, 0.4) is 0 Å². The van der Waals surface area contributed by atoms with E-state index in [-0.39, 0.29) is 5.69 Å². The van der Waals surface area contributed by atoms with Crippen molar-refractivity contribution in [2.24, 2.45) is 0 Å². The number of carboxylic acids is 1. The van der Waals surface area contributed by atoms with E-state index >= 15 is 0 Å². The molecule has 2 heterocycles. The van der Waals surface area contributed by atoms with Gasteiger partial charge in [-0.2, -0.15) is 5.10 Å². The van der Waals surface area contributed by atoms with Gasteiger partial charge >= 0.3 is 5.97 Å². The van der Waals surface area contributed by atoms with E-state index in [0.717, 1.165) is 5.56 Å². The van der Waals surface area contributed by atoms with E-state index in [0.29, 0.717) is 16.2 Å². The Hall–Kier alpha value is -2.40. The molecule has 3 rings (SSSR count). The third kappa shape index (κ3) is 1.94. The fourth-order valence-electron chi connectivity index (χ4n) is 1.92. The number of carbonyl (C=O) groups is 1. The number of benzene rings is 1. The van der Waals surface area contributed by atoms with E-state index in [1.165, 1.54) is 4.52 Å². The number of nitrogens with zero attached hydrogens (tertiary/aromatic N) is 3. The van der Waals surface area contributed by atoms with E-state index in [2.05, 4.69) is 10.1 Å². The summed E-state index contributed by atoms with van der Waals surface area (Å²) in [6, 6.07) is 8.60. The highest BCUT2D eigenvalue weighted by Crippen LogP contribution is 2.28. The topological polar surface area (TPSA) is 67.5 Å². The quantitative estimate of drug-likeness (QED) is 0.779. The van der Waals surface area contributed by atoms with Crippen LogP contribution in [-0.2, 0) is 0 Å². The predicted molar refractivity (Wildman–Crippen MR) is 70.4 cm³/mol. The summed E-state index contributed by atoms with van der Waals surface area (Å²) in [4.78, 5) is 15.5. The molecule has 0 aliphatic carbocycles. The molecule has 0 radical (unpaired) electrons. The van der Waals surface area contributed by atoms with Crippen molar-refractivity contribution in [1.82, 2.24) is 14.6 Å². The summed E-state index contributed by atoms with van der Waals surface area (Å²) in [7, 11) is 0. The average molecular weight is 274 g/mol. The highest BCUT2D eigenvalue weighted by molar-refractivity contribution is 6.30. The van der Waals surface area contributed by atoms with Crippen LogP contribution in [0.5, 0.6) is 0 Å². The zero-order valence-electron chi connectivity index (χ0n) is 9.62. The van der Waals surface area contributed by atoms with Gasteiger partial charge in [-0.25, -0.2) is 14.3 Å². The number of aromatic nitrogens is 3. The third-order valence-corrected chi connectivity index (χ3v) is 2.98. The highest BCUT2D eigenvalue weighted by Gasteiger charge is 2.20. The van der Waals surface area contributed by atoms with Crippen LogP contribution >= 0.6 is 11.6 Å². The fraction of sp³-hybridized carbons (Fsp3) is 0. The van der Waals surface area contributed by atoms with Gasteiger partial charge in [0, 0.05) is 17.4 Å². The minimum atomic E-state index is -1.09. The van der Waals surface area contributed by atoms with Crippen LogP contribution in [0.4, 0.5) is 0 Å². The van der Waals surface area contributed by atoms with Crippen molar-refractivity contribution < 1.29 is 9.90 Å². The van der Waals surface area contributed by atoms with Gasteiger partial charge in [-0.05, 0) is 23.8 Å². The summed E-state index contributed by atoms with van der Waals surface area (Å²) < 4.78 is 1.45. The zero-order chi connectivity index (χ0) is 13.4. The number of hydrogen-bond acceptors (Lipinski definition) is 3. The first-order chi connectivity index (χ1) is 9.16. The van der Waals surface area contributed by atoms with Gasteiger partial charge in [-0.1, -0.05) is 23.7 Å². The predicted octanol–water partition coefficient (Wildman–Crippen LogP) is 2.75. The van der Waals surface area contributed by atoms with Crippen molar-refractivity contribution in [2.45, 2.75) is 0 Å². The number of fused-ring (bicyclic) bond motifs is 1. The normalized spacial score (nSPS) is 10.8. The molecule has 2 aromatic heterocycles. The van der Waals surface area contributed by atoms with E-state index in [9.17, 15) is 9.90 Å². The molecule has 3 aromatic rings. The molecular weight excluding hydrogens is 266 g/mol. The van der Waals surface area contributed by atoms with E-state index in [1.54, 1.807) is 42.7 Å². The largest absolute Gasteiger partial charge is 0.476 e. The van der Waals surface area contributed by atoms with E-state index < -0.39 is 5.97 Å². The maximum atomic E-state index is 11.3. The molecule has 0 bridgehead atoms. The second kappa shape index (κ2) is 4.37. The van der Waals surface area contributed by atoms with E-state index in [1.807, 2.05) is 0 Å². The molecule has 6 heteroatoms. The third-order valence-electron chi connectivity index (χ3n) is 2.73. The molecule has 0 saturated heterocycles. The van der Waals surface area contributed by atoms with Crippen molar-refractivity contribution >= 4 is 23.2 Å².